The van der Waals surface area contributed by atoms with Crippen molar-refractivity contribution < 1.29 is 9.90 Å². The molecule has 0 saturated carbocycles. The SMILES string of the molecule is CN(C)/C=C\c1c(O)ccc(Cl)c1C=O. The van der Waals surface area contributed by atoms with Crippen molar-refractivity contribution in [2.24, 2.45) is 0 Å². The number of nitrogens with zero attached hydrogens (tertiary/aromatic N) is 1. The number of benzene rings is 1. The number of aldehydes is 1. The number of phenolic OH excluding ortho intramolecular Hbond substituents is 1. The molecule has 0 aliphatic heterocycles. The van der Waals surface area contributed by atoms with Gasteiger partial charge in [0, 0.05) is 25.2 Å². The van der Waals surface area contributed by atoms with E-state index in [1.165, 1.54) is 12.1 Å². The zero-order valence-electron chi connectivity index (χ0n) is 8.57. The molecule has 0 saturated heterocycles. The van der Waals surface area contributed by atoms with Gasteiger partial charge in [0.15, 0.2) is 6.29 Å². The molecular formula is C11H12ClNO2. The first-order valence-corrected chi connectivity index (χ1v) is 4.75. The van der Waals surface area contributed by atoms with Crippen LogP contribution in [0.3, 0.4) is 0 Å². The highest BCUT2D eigenvalue weighted by Gasteiger charge is 2.08. The smallest absolute Gasteiger partial charge is 0.152 e. The van der Waals surface area contributed by atoms with E-state index in [1.54, 1.807) is 17.2 Å². The van der Waals surface area contributed by atoms with E-state index in [4.69, 9.17) is 11.6 Å². The van der Waals surface area contributed by atoms with Crippen LogP contribution in [0, 0.1) is 0 Å². The second-order valence-electron chi connectivity index (χ2n) is 3.29. The lowest BCUT2D eigenvalue weighted by Crippen LogP contribution is -2.00. The highest BCUT2D eigenvalue weighted by molar-refractivity contribution is 6.33. The fourth-order valence-electron chi connectivity index (χ4n) is 1.12. The molecule has 0 amide bonds. The molecule has 0 heterocycles. The van der Waals surface area contributed by atoms with Crippen LogP contribution in [0.2, 0.25) is 5.02 Å². The number of phenols is 1. The first-order chi connectivity index (χ1) is 7.06. The Morgan fingerprint density at radius 2 is 2.00 bits per heavy atom. The molecule has 0 aliphatic carbocycles. The Labute approximate surface area is 93.6 Å². The highest BCUT2D eigenvalue weighted by Crippen LogP contribution is 2.27. The summed E-state index contributed by atoms with van der Waals surface area (Å²) in [4.78, 5) is 12.6. The summed E-state index contributed by atoms with van der Waals surface area (Å²) in [6, 6.07) is 2.96. The van der Waals surface area contributed by atoms with Gasteiger partial charge in [-0.25, -0.2) is 0 Å². The van der Waals surface area contributed by atoms with Gasteiger partial charge in [0.1, 0.15) is 5.75 Å². The van der Waals surface area contributed by atoms with E-state index in [1.807, 2.05) is 14.1 Å². The molecule has 0 fully saturated rings. The predicted molar refractivity (Wildman–Crippen MR) is 61.2 cm³/mol. The van der Waals surface area contributed by atoms with Crippen LogP contribution in [0.5, 0.6) is 5.75 Å². The molecule has 1 aromatic rings. The minimum absolute atomic E-state index is 0.0413. The highest BCUT2D eigenvalue weighted by atomic mass is 35.5. The fourth-order valence-corrected chi connectivity index (χ4v) is 1.33. The Balaban J connectivity index is 3.25. The van der Waals surface area contributed by atoms with E-state index in [9.17, 15) is 9.90 Å². The number of hydrogen-bond acceptors (Lipinski definition) is 3. The average Bonchev–Trinajstić information content (AvgIpc) is 2.19. The van der Waals surface area contributed by atoms with E-state index < -0.39 is 0 Å². The van der Waals surface area contributed by atoms with Crippen LogP contribution < -0.4 is 0 Å². The molecule has 0 aromatic heterocycles. The van der Waals surface area contributed by atoms with Crippen molar-refractivity contribution in [3.8, 4) is 5.75 Å². The largest absolute Gasteiger partial charge is 0.507 e. The van der Waals surface area contributed by atoms with Crippen LogP contribution >= 0.6 is 11.6 Å². The van der Waals surface area contributed by atoms with Crippen molar-refractivity contribution in [1.29, 1.82) is 0 Å². The molecule has 0 aliphatic rings. The van der Waals surface area contributed by atoms with Gasteiger partial charge in [-0.2, -0.15) is 0 Å². The second kappa shape index (κ2) is 4.84. The molecule has 80 valence electrons. The van der Waals surface area contributed by atoms with E-state index in [2.05, 4.69) is 0 Å². The molecule has 15 heavy (non-hydrogen) atoms. The normalized spacial score (nSPS) is 10.6. The summed E-state index contributed by atoms with van der Waals surface area (Å²) in [5, 5.41) is 9.91. The molecule has 0 unspecified atom stereocenters. The van der Waals surface area contributed by atoms with Gasteiger partial charge in [0.25, 0.3) is 0 Å². The van der Waals surface area contributed by atoms with E-state index >= 15 is 0 Å². The predicted octanol–water partition coefficient (Wildman–Crippen LogP) is 2.39. The number of hydrogen-bond donors (Lipinski definition) is 1. The number of rotatable bonds is 3. The Bertz CT molecular complexity index is 400. The monoisotopic (exact) mass is 225 g/mol. The molecular weight excluding hydrogens is 214 g/mol. The third-order valence-electron chi connectivity index (χ3n) is 1.87. The molecule has 1 rings (SSSR count). The van der Waals surface area contributed by atoms with Crippen molar-refractivity contribution in [1.82, 2.24) is 4.90 Å². The molecule has 1 aromatic carbocycles. The van der Waals surface area contributed by atoms with E-state index in [0.717, 1.165) is 0 Å². The summed E-state index contributed by atoms with van der Waals surface area (Å²) in [5.74, 6) is 0.0413. The third kappa shape index (κ3) is 2.73. The maximum atomic E-state index is 10.8. The summed E-state index contributed by atoms with van der Waals surface area (Å²) in [6.45, 7) is 0. The molecule has 3 nitrogen and oxygen atoms in total. The van der Waals surface area contributed by atoms with Crippen LogP contribution in [0.1, 0.15) is 15.9 Å². The van der Waals surface area contributed by atoms with Crippen molar-refractivity contribution in [2.45, 2.75) is 0 Å². The summed E-state index contributed by atoms with van der Waals surface area (Å²) >= 11 is 5.83. The Hall–Kier alpha value is -1.48. The lowest BCUT2D eigenvalue weighted by atomic mass is 10.1. The topological polar surface area (TPSA) is 40.5 Å². The van der Waals surface area contributed by atoms with Crippen molar-refractivity contribution in [2.75, 3.05) is 14.1 Å². The number of carbonyl (C=O) groups is 1. The number of carbonyl (C=O) groups excluding carboxylic acids is 1. The standard InChI is InChI=1S/C11H12ClNO2/c1-13(2)6-5-8-9(7-14)10(12)3-4-11(8)15/h3-7,15H,1-2H3/b6-5-. The summed E-state index contributed by atoms with van der Waals surface area (Å²) in [7, 11) is 3.69. The van der Waals surface area contributed by atoms with Crippen molar-refractivity contribution in [3.05, 3.63) is 34.5 Å². The summed E-state index contributed by atoms with van der Waals surface area (Å²) in [5.41, 5.74) is 0.737. The Morgan fingerprint density at radius 1 is 1.33 bits per heavy atom. The van der Waals surface area contributed by atoms with Gasteiger partial charge in [-0.1, -0.05) is 11.6 Å². The third-order valence-corrected chi connectivity index (χ3v) is 2.20. The average molecular weight is 226 g/mol. The summed E-state index contributed by atoms with van der Waals surface area (Å²) < 4.78 is 0. The van der Waals surface area contributed by atoms with Gasteiger partial charge in [-0.05, 0) is 24.4 Å². The maximum Gasteiger partial charge on any atom is 0.152 e. The minimum Gasteiger partial charge on any atom is -0.507 e. The quantitative estimate of drug-likeness (QED) is 0.803. The van der Waals surface area contributed by atoms with Crippen LogP contribution in [0.4, 0.5) is 0 Å². The molecule has 1 N–H and O–H groups in total. The van der Waals surface area contributed by atoms with Crippen molar-refractivity contribution >= 4 is 24.0 Å². The zero-order chi connectivity index (χ0) is 11.4. The first-order valence-electron chi connectivity index (χ1n) is 4.37. The van der Waals surface area contributed by atoms with Crippen LogP contribution in [-0.4, -0.2) is 30.4 Å². The van der Waals surface area contributed by atoms with E-state index in [0.29, 0.717) is 22.4 Å². The molecule has 0 radical (unpaired) electrons. The summed E-state index contributed by atoms with van der Waals surface area (Å²) in [6.07, 6.45) is 4.01. The van der Waals surface area contributed by atoms with Crippen molar-refractivity contribution in [3.63, 3.8) is 0 Å². The van der Waals surface area contributed by atoms with Gasteiger partial charge < -0.3 is 10.0 Å². The Morgan fingerprint density at radius 3 is 2.53 bits per heavy atom. The van der Waals surface area contributed by atoms with Crippen LogP contribution in [-0.2, 0) is 0 Å². The molecule has 0 spiro atoms. The number of halogens is 1. The lowest BCUT2D eigenvalue weighted by Gasteiger charge is -2.07. The first kappa shape index (κ1) is 11.6. The van der Waals surface area contributed by atoms with Gasteiger partial charge in [-0.15, -0.1) is 0 Å². The van der Waals surface area contributed by atoms with Crippen LogP contribution in [0.15, 0.2) is 18.3 Å². The zero-order valence-corrected chi connectivity index (χ0v) is 9.32. The van der Waals surface area contributed by atoms with Gasteiger partial charge in [0.2, 0.25) is 0 Å². The van der Waals surface area contributed by atoms with Crippen LogP contribution in [0.25, 0.3) is 6.08 Å². The van der Waals surface area contributed by atoms with E-state index in [-0.39, 0.29) is 5.75 Å². The Kier molecular flexibility index (Phi) is 3.74. The number of aromatic hydroxyl groups is 1. The molecule has 0 bridgehead atoms. The minimum atomic E-state index is 0.0413. The lowest BCUT2D eigenvalue weighted by molar-refractivity contribution is 0.112. The van der Waals surface area contributed by atoms with Gasteiger partial charge >= 0.3 is 0 Å². The molecule has 0 atom stereocenters. The fraction of sp³-hybridized carbons (Fsp3) is 0.182. The maximum absolute atomic E-state index is 10.8. The second-order valence-corrected chi connectivity index (χ2v) is 3.70. The van der Waals surface area contributed by atoms with Gasteiger partial charge in [-0.3, -0.25) is 4.79 Å². The van der Waals surface area contributed by atoms with Gasteiger partial charge in [0.05, 0.1) is 5.02 Å². The molecule has 4 heteroatoms.